The normalized spacial score (nSPS) is 9.68. The van der Waals surface area contributed by atoms with E-state index in [0.29, 0.717) is 0 Å². The van der Waals surface area contributed by atoms with Crippen molar-refractivity contribution < 1.29 is 17.1 Å². The molecule has 126 valence electrons. The average molecular weight is 402 g/mol. The molecule has 0 nitrogen and oxygen atoms in total. The summed E-state index contributed by atoms with van der Waals surface area (Å²) in [7, 11) is 5.52. The molecule has 4 aromatic carbocycles. The molecule has 0 fully saturated rings. The molecule has 0 radical (unpaired) electrons. The molecule has 0 saturated heterocycles. The number of rotatable bonds is 2. The van der Waals surface area contributed by atoms with Crippen LogP contribution in [-0.2, 0) is 17.1 Å². The van der Waals surface area contributed by atoms with Crippen molar-refractivity contribution in [3.05, 3.63) is 97.1 Å². The first kappa shape index (κ1) is 19.8. The van der Waals surface area contributed by atoms with Gasteiger partial charge in [-0.05, 0) is 0 Å². The third kappa shape index (κ3) is 5.24. The molecule has 0 N–H and O–H groups in total. The van der Waals surface area contributed by atoms with Gasteiger partial charge in [0.15, 0.2) is 0 Å². The van der Waals surface area contributed by atoms with E-state index >= 15 is 0 Å². The van der Waals surface area contributed by atoms with Crippen molar-refractivity contribution in [2.75, 3.05) is 0 Å². The van der Waals surface area contributed by atoms with E-state index in [9.17, 15) is 0 Å². The summed E-state index contributed by atoms with van der Waals surface area (Å²) in [5.41, 5.74) is 5.17. The first-order valence-electron chi connectivity index (χ1n) is 7.89. The standard InChI is InChI=1S/C11H11P2.C11H9.Fe/c12-10-7-6-9(11(10)13)8-4-2-1-3-5-8;1-2-6-10(7-3-1)11-8-4-5-9-11;/h1-7H,12-13H2;1-9H;/q2*-1;+2. The summed E-state index contributed by atoms with van der Waals surface area (Å²) in [6.07, 6.45) is 0. The molecule has 0 saturated carbocycles. The van der Waals surface area contributed by atoms with Crippen molar-refractivity contribution in [1.29, 1.82) is 0 Å². The molecule has 0 aliphatic rings. The van der Waals surface area contributed by atoms with Gasteiger partial charge in [-0.25, -0.2) is 6.07 Å². The predicted molar refractivity (Wildman–Crippen MR) is 114 cm³/mol. The molecular formula is C22H20FeP2. The van der Waals surface area contributed by atoms with Crippen molar-refractivity contribution in [2.45, 2.75) is 0 Å². The topological polar surface area (TPSA) is 0 Å². The van der Waals surface area contributed by atoms with E-state index < -0.39 is 0 Å². The summed E-state index contributed by atoms with van der Waals surface area (Å²) in [6, 6.07) is 33.5. The van der Waals surface area contributed by atoms with Crippen molar-refractivity contribution in [3.8, 4) is 22.3 Å². The van der Waals surface area contributed by atoms with Gasteiger partial charge in [0, 0.05) is 0 Å². The monoisotopic (exact) mass is 402 g/mol. The Morgan fingerprint density at radius 3 is 1.80 bits per heavy atom. The van der Waals surface area contributed by atoms with Crippen LogP contribution in [0.25, 0.3) is 22.3 Å². The van der Waals surface area contributed by atoms with Crippen LogP contribution in [0.15, 0.2) is 97.1 Å². The van der Waals surface area contributed by atoms with Crippen LogP contribution in [0.4, 0.5) is 0 Å². The molecule has 0 aliphatic carbocycles. The van der Waals surface area contributed by atoms with Crippen LogP contribution < -0.4 is 10.6 Å². The van der Waals surface area contributed by atoms with Gasteiger partial charge in [-0.15, -0.1) is 31.5 Å². The minimum atomic E-state index is 0. The van der Waals surface area contributed by atoms with E-state index in [0.717, 1.165) is 0 Å². The number of hydrogen-bond donors (Lipinski definition) is 0. The second kappa shape index (κ2) is 9.86. The van der Waals surface area contributed by atoms with Gasteiger partial charge in [0.25, 0.3) is 0 Å². The Kier molecular flexibility index (Phi) is 7.83. The SMILES string of the molecule is Pc1c(-c2ccccc2)cc[c-]1P.[Fe+2].c1ccc(-c2ccc[cH-]2)cc1. The maximum Gasteiger partial charge on any atom is 2.00 e. The summed E-state index contributed by atoms with van der Waals surface area (Å²) < 4.78 is 0. The van der Waals surface area contributed by atoms with Gasteiger partial charge in [0.1, 0.15) is 0 Å². The first-order valence-corrected chi connectivity index (χ1v) is 9.04. The Labute approximate surface area is 165 Å². The van der Waals surface area contributed by atoms with Gasteiger partial charge in [-0.3, -0.25) is 0 Å². The second-order valence-electron chi connectivity index (χ2n) is 5.52. The third-order valence-corrected chi connectivity index (χ3v) is 5.37. The van der Waals surface area contributed by atoms with Crippen LogP contribution in [0.1, 0.15) is 0 Å². The summed E-state index contributed by atoms with van der Waals surface area (Å²) in [6.45, 7) is 0. The molecule has 25 heavy (non-hydrogen) atoms. The zero-order chi connectivity index (χ0) is 16.8. The van der Waals surface area contributed by atoms with Gasteiger partial charge in [-0.1, -0.05) is 66.2 Å². The van der Waals surface area contributed by atoms with Crippen molar-refractivity contribution in [2.24, 2.45) is 0 Å². The van der Waals surface area contributed by atoms with Gasteiger partial charge in [0.2, 0.25) is 0 Å². The molecule has 0 bridgehead atoms. The summed E-state index contributed by atoms with van der Waals surface area (Å²) in [5.74, 6) is 0. The maximum absolute atomic E-state index is 2.78. The molecule has 0 aromatic heterocycles. The molecule has 4 rings (SSSR count). The Morgan fingerprint density at radius 1 is 0.720 bits per heavy atom. The summed E-state index contributed by atoms with van der Waals surface area (Å²) in [4.78, 5) is 0. The Morgan fingerprint density at radius 2 is 1.32 bits per heavy atom. The van der Waals surface area contributed by atoms with Crippen LogP contribution in [0.2, 0.25) is 0 Å². The van der Waals surface area contributed by atoms with Crippen LogP contribution in [0, 0.1) is 0 Å². The fourth-order valence-electron chi connectivity index (χ4n) is 2.57. The van der Waals surface area contributed by atoms with E-state index in [1.54, 1.807) is 0 Å². The summed E-state index contributed by atoms with van der Waals surface area (Å²) >= 11 is 0. The van der Waals surface area contributed by atoms with Gasteiger partial charge < -0.3 is 0 Å². The fourth-order valence-corrected chi connectivity index (χ4v) is 3.19. The largest absolute Gasteiger partial charge is 2.00 e. The van der Waals surface area contributed by atoms with Crippen LogP contribution >= 0.6 is 18.5 Å². The number of benzene rings is 2. The molecule has 0 spiro atoms. The van der Waals surface area contributed by atoms with E-state index in [1.165, 1.54) is 32.9 Å². The van der Waals surface area contributed by atoms with Gasteiger partial charge in [-0.2, -0.15) is 44.6 Å². The minimum Gasteiger partial charge on any atom is -0.205 e. The van der Waals surface area contributed by atoms with Gasteiger partial charge in [0.05, 0.1) is 0 Å². The molecule has 4 aromatic rings. The smallest absolute Gasteiger partial charge is 0.205 e. The first-order chi connectivity index (χ1) is 11.8. The Hall–Kier alpha value is -1.48. The second-order valence-corrected chi connectivity index (χ2v) is 6.72. The maximum atomic E-state index is 2.78. The van der Waals surface area contributed by atoms with Crippen LogP contribution in [-0.4, -0.2) is 0 Å². The molecule has 2 unspecified atom stereocenters. The fraction of sp³-hybridized carbons (Fsp3) is 0. The quantitative estimate of drug-likeness (QED) is 0.247. The summed E-state index contributed by atoms with van der Waals surface area (Å²) in [5, 5.41) is 2.53. The molecule has 3 heteroatoms. The van der Waals surface area contributed by atoms with E-state index in [-0.39, 0.29) is 17.1 Å². The Balaban J connectivity index is 0.000000175. The average Bonchev–Trinajstić information content (AvgIpc) is 3.28. The number of hydrogen-bond acceptors (Lipinski definition) is 0. The van der Waals surface area contributed by atoms with E-state index in [4.69, 9.17) is 0 Å². The third-order valence-electron chi connectivity index (χ3n) is 3.89. The van der Waals surface area contributed by atoms with Crippen LogP contribution in [0.3, 0.4) is 0 Å². The van der Waals surface area contributed by atoms with Crippen molar-refractivity contribution in [3.63, 3.8) is 0 Å². The molecular weight excluding hydrogens is 382 g/mol. The molecule has 2 atom stereocenters. The predicted octanol–water partition coefficient (Wildman–Crippen LogP) is 5.14. The molecule has 0 heterocycles. The molecule has 0 amide bonds. The zero-order valence-corrected chi connectivity index (χ0v) is 17.2. The van der Waals surface area contributed by atoms with Gasteiger partial charge >= 0.3 is 17.1 Å². The Bertz CT molecular complexity index is 863. The van der Waals surface area contributed by atoms with E-state index in [1.807, 2.05) is 12.1 Å². The van der Waals surface area contributed by atoms with Crippen molar-refractivity contribution in [1.82, 2.24) is 0 Å². The van der Waals surface area contributed by atoms with E-state index in [2.05, 4.69) is 103 Å². The zero-order valence-electron chi connectivity index (χ0n) is 13.7. The van der Waals surface area contributed by atoms with Crippen molar-refractivity contribution >= 4 is 29.1 Å². The minimum absolute atomic E-state index is 0. The van der Waals surface area contributed by atoms with Crippen LogP contribution in [0.5, 0.6) is 0 Å². The molecule has 0 aliphatic heterocycles.